The molecule has 282 valence electrons. The zero-order valence-electron chi connectivity index (χ0n) is 28.8. The molecule has 1 N–H and O–H groups in total. The van der Waals surface area contributed by atoms with Crippen LogP contribution in [0.25, 0.3) is 0 Å². The van der Waals surface area contributed by atoms with Gasteiger partial charge in [-0.15, -0.1) is 0 Å². The molecule has 0 saturated heterocycles. The average molecular weight is 706 g/mol. The van der Waals surface area contributed by atoms with Gasteiger partial charge in [0.25, 0.3) is 11.4 Å². The van der Waals surface area contributed by atoms with Crippen LogP contribution in [0, 0.1) is 20.2 Å². The van der Waals surface area contributed by atoms with Gasteiger partial charge in [-0.05, 0) is 12.5 Å². The molecule has 1 aromatic rings. The summed E-state index contributed by atoms with van der Waals surface area (Å²) in [7, 11) is 0. The molecule has 17 nitrogen and oxygen atoms in total. The molecule has 0 bridgehead atoms. The molecule has 0 atom stereocenters. The lowest BCUT2D eigenvalue weighted by Gasteiger charge is -2.09. The fourth-order valence-corrected chi connectivity index (χ4v) is 3.99. The molecule has 0 amide bonds. The number of anilines is 1. The quantitative estimate of drug-likeness (QED) is 0.0455. The molecule has 49 heavy (non-hydrogen) atoms. The molecule has 17 heteroatoms. The molecule has 0 aliphatic heterocycles. The Balaban J connectivity index is 1.75. The maximum Gasteiger partial charge on any atom is 0.305 e. The average Bonchev–Trinajstić information content (AvgIpc) is 3.09. The highest BCUT2D eigenvalue weighted by molar-refractivity contribution is 5.69. The van der Waals surface area contributed by atoms with Crippen LogP contribution >= 0.6 is 0 Å². The van der Waals surface area contributed by atoms with E-state index in [0.717, 1.165) is 18.9 Å². The van der Waals surface area contributed by atoms with E-state index in [1.54, 1.807) is 0 Å². The van der Waals surface area contributed by atoms with Gasteiger partial charge < -0.3 is 47.9 Å². The Bertz CT molecular complexity index is 988. The number of unbranched alkanes of at least 4 members (excludes halogenated alkanes) is 4. The number of carbonyl (C=O) groups excluding carboxylic acids is 1. The predicted octanol–water partition coefficient (Wildman–Crippen LogP) is 3.95. The van der Waals surface area contributed by atoms with E-state index in [1.165, 1.54) is 31.4 Å². The van der Waals surface area contributed by atoms with Gasteiger partial charge >= 0.3 is 5.97 Å². The van der Waals surface area contributed by atoms with Crippen molar-refractivity contribution in [2.75, 3.05) is 124 Å². The molecule has 0 fully saturated rings. The van der Waals surface area contributed by atoms with Crippen LogP contribution in [0.1, 0.15) is 45.4 Å². The minimum atomic E-state index is -0.682. The van der Waals surface area contributed by atoms with Gasteiger partial charge in [-0.3, -0.25) is 25.0 Å². The van der Waals surface area contributed by atoms with Crippen molar-refractivity contribution in [2.24, 2.45) is 0 Å². The number of hydrogen-bond acceptors (Lipinski definition) is 15. The summed E-state index contributed by atoms with van der Waals surface area (Å²) in [4.78, 5) is 32.2. The molecule has 1 rings (SSSR count). The second-order valence-electron chi connectivity index (χ2n) is 10.4. The van der Waals surface area contributed by atoms with E-state index in [4.69, 9.17) is 42.6 Å². The van der Waals surface area contributed by atoms with Gasteiger partial charge in [0.2, 0.25) is 0 Å². The van der Waals surface area contributed by atoms with E-state index >= 15 is 0 Å². The molecule has 0 aliphatic rings. The molecular weight excluding hydrogens is 650 g/mol. The number of carbonyl (C=O) groups is 1. The van der Waals surface area contributed by atoms with Gasteiger partial charge in [-0.1, -0.05) is 32.6 Å². The number of rotatable bonds is 36. The summed E-state index contributed by atoms with van der Waals surface area (Å²) in [5.74, 6) is -0.163. The van der Waals surface area contributed by atoms with Crippen LogP contribution in [0.3, 0.4) is 0 Å². The Hall–Kier alpha value is -3.03. The lowest BCUT2D eigenvalue weighted by Crippen LogP contribution is -2.16. The van der Waals surface area contributed by atoms with Crippen LogP contribution in [-0.2, 0) is 47.4 Å². The SMILES string of the molecule is CCCCCCCC(=O)OCCOCCOCCOCCOCCOCCOCCOCCOCCNc1ccc([N+](=O)[O-])cc1[N+](=O)[O-]. The minimum Gasteiger partial charge on any atom is -0.463 e. The molecule has 1 aromatic carbocycles. The number of ether oxygens (including phenoxy) is 9. The predicted molar refractivity (Wildman–Crippen MR) is 179 cm³/mol. The standard InChI is InChI=1S/C32H55N3O14/c1-2-3-4-5-6-7-32(36)49-27-26-48-25-24-47-23-22-46-21-20-45-19-18-44-17-16-43-15-14-42-13-12-41-11-10-33-30-9-8-29(34(37)38)28-31(30)35(39)40/h8-9,28,33H,2-7,10-27H2,1H3. The van der Waals surface area contributed by atoms with E-state index in [1.807, 2.05) is 0 Å². The summed E-state index contributed by atoms with van der Waals surface area (Å²) in [6.45, 7) is 9.35. The topological polar surface area (TPSA) is 198 Å². The summed E-state index contributed by atoms with van der Waals surface area (Å²) in [5, 5.41) is 24.8. The van der Waals surface area contributed by atoms with Gasteiger partial charge in [-0.25, -0.2) is 0 Å². The zero-order chi connectivity index (χ0) is 35.6. The third kappa shape index (κ3) is 26.5. The van der Waals surface area contributed by atoms with Crippen LogP contribution < -0.4 is 5.32 Å². The fraction of sp³-hybridized carbons (Fsp3) is 0.781. The third-order valence-corrected chi connectivity index (χ3v) is 6.53. The monoisotopic (exact) mass is 705 g/mol. The van der Waals surface area contributed by atoms with Crippen LogP contribution in [0.5, 0.6) is 0 Å². The van der Waals surface area contributed by atoms with Gasteiger partial charge in [0.15, 0.2) is 0 Å². The Morgan fingerprint density at radius 1 is 0.592 bits per heavy atom. The Morgan fingerprint density at radius 2 is 1.02 bits per heavy atom. The second-order valence-corrected chi connectivity index (χ2v) is 10.4. The van der Waals surface area contributed by atoms with Crippen LogP contribution in [0.15, 0.2) is 18.2 Å². The summed E-state index contributed by atoms with van der Waals surface area (Å²) >= 11 is 0. The molecule has 0 aliphatic carbocycles. The molecule has 0 heterocycles. The highest BCUT2D eigenvalue weighted by Gasteiger charge is 2.19. The lowest BCUT2D eigenvalue weighted by atomic mass is 10.1. The van der Waals surface area contributed by atoms with E-state index in [2.05, 4.69) is 12.2 Å². The number of nitrogens with one attached hydrogen (secondary N) is 1. The molecule has 0 aromatic heterocycles. The highest BCUT2D eigenvalue weighted by Crippen LogP contribution is 2.28. The first-order valence-corrected chi connectivity index (χ1v) is 16.9. The van der Waals surface area contributed by atoms with E-state index in [-0.39, 0.29) is 42.8 Å². The van der Waals surface area contributed by atoms with Gasteiger partial charge in [0.1, 0.15) is 12.3 Å². The van der Waals surface area contributed by atoms with Gasteiger partial charge in [0, 0.05) is 19.0 Å². The van der Waals surface area contributed by atoms with Crippen LogP contribution in [0.2, 0.25) is 0 Å². The summed E-state index contributed by atoms with van der Waals surface area (Å²) in [6.07, 6.45) is 6.00. The number of nitro benzene ring substituents is 2. The number of benzene rings is 1. The van der Waals surface area contributed by atoms with Crippen molar-refractivity contribution in [3.05, 3.63) is 38.4 Å². The zero-order valence-corrected chi connectivity index (χ0v) is 28.8. The van der Waals surface area contributed by atoms with Crippen LogP contribution in [0.4, 0.5) is 17.1 Å². The second kappa shape index (κ2) is 32.2. The number of non-ortho nitro benzene ring substituents is 1. The number of nitro groups is 2. The maximum atomic E-state index is 11.6. The number of nitrogens with zero attached hydrogens (tertiary/aromatic N) is 2. The smallest absolute Gasteiger partial charge is 0.305 e. The van der Waals surface area contributed by atoms with Crippen molar-refractivity contribution in [1.82, 2.24) is 0 Å². The molecule has 0 unspecified atom stereocenters. The molecule has 0 spiro atoms. The van der Waals surface area contributed by atoms with Crippen molar-refractivity contribution >= 4 is 23.0 Å². The molecule has 0 saturated carbocycles. The largest absolute Gasteiger partial charge is 0.463 e. The van der Waals surface area contributed by atoms with Crippen molar-refractivity contribution < 1.29 is 57.3 Å². The van der Waals surface area contributed by atoms with Crippen molar-refractivity contribution in [2.45, 2.75) is 45.4 Å². The first-order chi connectivity index (χ1) is 24.0. The summed E-state index contributed by atoms with van der Waals surface area (Å²) < 4.78 is 48.6. The highest BCUT2D eigenvalue weighted by atomic mass is 16.6. The Kier molecular flexibility index (Phi) is 28.9. The Labute approximate surface area is 288 Å². The van der Waals surface area contributed by atoms with Crippen molar-refractivity contribution in [3.8, 4) is 0 Å². The first kappa shape index (κ1) is 44.0. The minimum absolute atomic E-state index is 0.163. The molecule has 0 radical (unpaired) electrons. The van der Waals surface area contributed by atoms with Crippen LogP contribution in [-0.4, -0.2) is 135 Å². The number of hydrogen-bond donors (Lipinski definition) is 1. The van der Waals surface area contributed by atoms with E-state index < -0.39 is 9.85 Å². The molecular formula is C32H55N3O14. The van der Waals surface area contributed by atoms with Crippen molar-refractivity contribution in [3.63, 3.8) is 0 Å². The van der Waals surface area contributed by atoms with Gasteiger partial charge in [0.05, 0.1) is 122 Å². The van der Waals surface area contributed by atoms with Crippen molar-refractivity contribution in [1.29, 1.82) is 0 Å². The Morgan fingerprint density at radius 3 is 1.45 bits per heavy atom. The van der Waals surface area contributed by atoms with Gasteiger partial charge in [-0.2, -0.15) is 0 Å². The summed E-state index contributed by atoms with van der Waals surface area (Å²) in [6, 6.07) is 3.42. The lowest BCUT2D eigenvalue weighted by molar-refractivity contribution is -0.393. The fourth-order valence-electron chi connectivity index (χ4n) is 3.99. The van der Waals surface area contributed by atoms with E-state index in [0.29, 0.717) is 106 Å². The normalized spacial score (nSPS) is 11.1. The number of esters is 1. The summed E-state index contributed by atoms with van der Waals surface area (Å²) in [5.41, 5.74) is -0.531. The third-order valence-electron chi connectivity index (χ3n) is 6.53. The first-order valence-electron chi connectivity index (χ1n) is 16.9. The maximum absolute atomic E-state index is 11.6. The van der Waals surface area contributed by atoms with E-state index in [9.17, 15) is 25.0 Å².